The lowest BCUT2D eigenvalue weighted by Crippen LogP contribution is -3.16. The molecule has 7 heteroatoms. The lowest BCUT2D eigenvalue weighted by molar-refractivity contribution is -0.903. The number of hydrogen-bond donors (Lipinski definition) is 2. The van der Waals surface area contributed by atoms with Gasteiger partial charge in [-0.1, -0.05) is 18.2 Å². The Morgan fingerprint density at radius 1 is 0.967 bits per heavy atom. The maximum absolute atomic E-state index is 10.4. The topological polar surface area (TPSA) is 64.8 Å². The number of anilines is 1. The van der Waals surface area contributed by atoms with E-state index < -0.39 is 6.10 Å². The lowest BCUT2D eigenvalue weighted by atomic mass is 10.2. The molecule has 0 unspecified atom stereocenters. The number of aliphatic hydroxyl groups is 1. The average Bonchev–Trinajstić information content (AvgIpc) is 2.79. The van der Waals surface area contributed by atoms with Gasteiger partial charge in [0.05, 0.1) is 60.7 Å². The predicted molar refractivity (Wildman–Crippen MR) is 116 cm³/mol. The molecule has 0 saturated carbocycles. The quantitative estimate of drug-likeness (QED) is 0.601. The molecule has 1 aliphatic heterocycles. The molecule has 1 atom stereocenters. The van der Waals surface area contributed by atoms with Crippen LogP contribution in [0.4, 0.5) is 5.69 Å². The second-order valence-corrected chi connectivity index (χ2v) is 7.48. The van der Waals surface area contributed by atoms with Crippen molar-refractivity contribution in [2.75, 3.05) is 65.6 Å². The van der Waals surface area contributed by atoms with Crippen LogP contribution >= 0.6 is 0 Å². The highest BCUT2D eigenvalue weighted by Gasteiger charge is 2.22. The predicted octanol–water partition coefficient (Wildman–Crippen LogP) is 0.995. The second kappa shape index (κ2) is 11.1. The summed E-state index contributed by atoms with van der Waals surface area (Å²) in [6.07, 6.45) is -0.495. The number of hydrogen-bond acceptors (Lipinski definition) is 6. The standard InChI is InChI=1S/C23H32N2O5/c1-27-21-13-18(14-22(28-2)23(21)29-3)16-30-17-20(26)15-24-9-11-25(12-10-24)19-7-5-4-6-8-19/h4-8,13-14,20,26H,9-12,15-17H2,1-3H3/p+1/t20-/m0/s1. The van der Waals surface area contributed by atoms with Crippen molar-refractivity contribution in [1.29, 1.82) is 0 Å². The molecule has 3 rings (SSSR count). The van der Waals surface area contributed by atoms with Gasteiger partial charge in [-0.2, -0.15) is 0 Å². The molecule has 0 amide bonds. The molecule has 1 fully saturated rings. The molecule has 0 radical (unpaired) electrons. The van der Waals surface area contributed by atoms with Gasteiger partial charge in [-0.3, -0.25) is 0 Å². The summed E-state index contributed by atoms with van der Waals surface area (Å²) in [6.45, 7) is 5.37. The number of benzene rings is 2. The van der Waals surface area contributed by atoms with E-state index in [1.807, 2.05) is 18.2 Å². The highest BCUT2D eigenvalue weighted by atomic mass is 16.5. The molecule has 0 aromatic heterocycles. The van der Waals surface area contributed by atoms with Gasteiger partial charge in [-0.25, -0.2) is 0 Å². The molecule has 0 spiro atoms. The molecule has 0 aliphatic carbocycles. The normalized spacial score (nSPS) is 15.7. The van der Waals surface area contributed by atoms with E-state index in [0.29, 0.717) is 37.0 Å². The van der Waals surface area contributed by atoms with E-state index in [-0.39, 0.29) is 0 Å². The number of nitrogens with one attached hydrogen (secondary N) is 1. The molecular formula is C23H33N2O5+. The van der Waals surface area contributed by atoms with E-state index in [1.54, 1.807) is 21.3 Å². The van der Waals surface area contributed by atoms with Gasteiger partial charge in [0.15, 0.2) is 11.5 Å². The molecule has 0 bridgehead atoms. The number of methoxy groups -OCH3 is 3. The minimum absolute atomic E-state index is 0.294. The first kappa shape index (κ1) is 22.2. The highest BCUT2D eigenvalue weighted by molar-refractivity contribution is 5.53. The first-order valence-corrected chi connectivity index (χ1v) is 10.3. The zero-order chi connectivity index (χ0) is 21.3. The number of nitrogens with zero attached hydrogens (tertiary/aromatic N) is 1. The van der Waals surface area contributed by atoms with Gasteiger partial charge in [0, 0.05) is 5.69 Å². The van der Waals surface area contributed by atoms with Crippen molar-refractivity contribution in [2.24, 2.45) is 0 Å². The van der Waals surface area contributed by atoms with Crippen LogP contribution in [0.15, 0.2) is 42.5 Å². The largest absolute Gasteiger partial charge is 0.493 e. The van der Waals surface area contributed by atoms with Crippen molar-refractivity contribution in [3.05, 3.63) is 48.0 Å². The SMILES string of the molecule is COc1cc(COC[C@@H](O)C[NH+]2CCN(c3ccccc3)CC2)cc(OC)c1OC. The highest BCUT2D eigenvalue weighted by Crippen LogP contribution is 2.38. The number of rotatable bonds is 10. The van der Waals surface area contributed by atoms with E-state index in [1.165, 1.54) is 10.6 Å². The van der Waals surface area contributed by atoms with Crippen molar-refractivity contribution in [1.82, 2.24) is 0 Å². The molecule has 7 nitrogen and oxygen atoms in total. The maximum atomic E-state index is 10.4. The Hall–Kier alpha value is -2.48. The van der Waals surface area contributed by atoms with Gasteiger partial charge in [0.1, 0.15) is 12.6 Å². The summed E-state index contributed by atoms with van der Waals surface area (Å²) in [5, 5.41) is 10.4. The van der Waals surface area contributed by atoms with Gasteiger partial charge >= 0.3 is 0 Å². The first-order valence-electron chi connectivity index (χ1n) is 10.3. The van der Waals surface area contributed by atoms with Crippen LogP contribution in [-0.2, 0) is 11.3 Å². The van der Waals surface area contributed by atoms with E-state index in [9.17, 15) is 5.11 Å². The van der Waals surface area contributed by atoms with Crippen LogP contribution in [0.1, 0.15) is 5.56 Å². The van der Waals surface area contributed by atoms with Crippen LogP contribution in [0.2, 0.25) is 0 Å². The Morgan fingerprint density at radius 3 is 2.17 bits per heavy atom. The molecule has 1 aliphatic rings. The first-order chi connectivity index (χ1) is 14.6. The van der Waals surface area contributed by atoms with E-state index in [0.717, 1.165) is 31.7 Å². The van der Waals surface area contributed by atoms with Gasteiger partial charge in [-0.05, 0) is 29.8 Å². The molecule has 2 aromatic carbocycles. The third-order valence-corrected chi connectivity index (χ3v) is 5.42. The zero-order valence-electron chi connectivity index (χ0n) is 18.1. The number of ether oxygens (including phenoxy) is 4. The van der Waals surface area contributed by atoms with Crippen LogP contribution in [0, 0.1) is 0 Å². The Morgan fingerprint density at radius 2 is 1.60 bits per heavy atom. The summed E-state index contributed by atoms with van der Waals surface area (Å²) < 4.78 is 21.8. The van der Waals surface area contributed by atoms with Crippen LogP contribution in [0.3, 0.4) is 0 Å². The summed E-state index contributed by atoms with van der Waals surface area (Å²) in [4.78, 5) is 3.81. The summed E-state index contributed by atoms with van der Waals surface area (Å²) >= 11 is 0. The summed E-state index contributed by atoms with van der Waals surface area (Å²) in [7, 11) is 4.76. The molecule has 2 N–H and O–H groups in total. The average molecular weight is 418 g/mol. The van der Waals surface area contributed by atoms with Gasteiger partial charge in [0.25, 0.3) is 0 Å². The van der Waals surface area contributed by atoms with Crippen LogP contribution in [0.5, 0.6) is 17.2 Å². The molecule has 2 aromatic rings. The van der Waals surface area contributed by atoms with Gasteiger partial charge in [0.2, 0.25) is 5.75 Å². The molecule has 1 saturated heterocycles. The van der Waals surface area contributed by atoms with Gasteiger partial charge in [-0.15, -0.1) is 0 Å². The fourth-order valence-corrected chi connectivity index (χ4v) is 3.85. The van der Waals surface area contributed by atoms with Crippen molar-refractivity contribution in [3.8, 4) is 17.2 Å². The summed E-state index contributed by atoms with van der Waals surface area (Å²) in [5.41, 5.74) is 2.17. The Bertz CT molecular complexity index is 753. The van der Waals surface area contributed by atoms with E-state index >= 15 is 0 Å². The van der Waals surface area contributed by atoms with Crippen molar-refractivity contribution in [3.63, 3.8) is 0 Å². The van der Waals surface area contributed by atoms with Crippen molar-refractivity contribution in [2.45, 2.75) is 12.7 Å². The van der Waals surface area contributed by atoms with Crippen molar-refractivity contribution < 1.29 is 29.0 Å². The van der Waals surface area contributed by atoms with E-state index in [2.05, 4.69) is 29.2 Å². The van der Waals surface area contributed by atoms with Crippen LogP contribution < -0.4 is 24.0 Å². The second-order valence-electron chi connectivity index (χ2n) is 7.48. The Balaban J connectivity index is 1.43. The zero-order valence-corrected chi connectivity index (χ0v) is 18.1. The van der Waals surface area contributed by atoms with Crippen molar-refractivity contribution >= 4 is 5.69 Å². The lowest BCUT2D eigenvalue weighted by Gasteiger charge is -2.34. The smallest absolute Gasteiger partial charge is 0.203 e. The summed E-state index contributed by atoms with van der Waals surface area (Å²) in [6, 6.07) is 14.2. The summed E-state index contributed by atoms with van der Waals surface area (Å²) in [5.74, 6) is 1.75. The fourth-order valence-electron chi connectivity index (χ4n) is 3.85. The third-order valence-electron chi connectivity index (χ3n) is 5.42. The number of para-hydroxylation sites is 1. The third kappa shape index (κ3) is 5.78. The molecule has 1 heterocycles. The Labute approximate surface area is 178 Å². The fraction of sp³-hybridized carbons (Fsp3) is 0.478. The maximum Gasteiger partial charge on any atom is 0.203 e. The molecular weight excluding hydrogens is 384 g/mol. The van der Waals surface area contributed by atoms with Gasteiger partial charge < -0.3 is 33.9 Å². The number of aliphatic hydroxyl groups excluding tert-OH is 1. The molecule has 30 heavy (non-hydrogen) atoms. The minimum Gasteiger partial charge on any atom is -0.493 e. The number of quaternary nitrogens is 1. The van der Waals surface area contributed by atoms with Crippen LogP contribution in [-0.4, -0.2) is 71.9 Å². The number of piperazine rings is 1. The van der Waals surface area contributed by atoms with Crippen LogP contribution in [0.25, 0.3) is 0 Å². The Kier molecular flexibility index (Phi) is 8.19. The minimum atomic E-state index is -0.495. The molecule has 164 valence electrons. The van der Waals surface area contributed by atoms with E-state index in [4.69, 9.17) is 18.9 Å². The monoisotopic (exact) mass is 417 g/mol.